The number of fused-ring (bicyclic) bond motifs is 6. The van der Waals surface area contributed by atoms with Crippen molar-refractivity contribution in [3.8, 4) is 44.5 Å². The number of nitrogens with two attached hydrogens (primary N) is 1. The van der Waals surface area contributed by atoms with Gasteiger partial charge in [0.1, 0.15) is 40.3 Å². The van der Waals surface area contributed by atoms with Gasteiger partial charge in [-0.3, -0.25) is 41.4 Å². The molecule has 2 aliphatic rings. The molecule has 10 N–H and O–H groups in total. The number of aliphatic hydroxyl groups excluding tert-OH is 1. The summed E-state index contributed by atoms with van der Waals surface area (Å²) in [5, 5.41) is 36.2. The molecule has 0 amide bonds. The van der Waals surface area contributed by atoms with Gasteiger partial charge < -0.3 is 53.0 Å². The van der Waals surface area contributed by atoms with E-state index < -0.39 is 0 Å². The van der Waals surface area contributed by atoms with Gasteiger partial charge in [-0.05, 0) is 216 Å². The van der Waals surface area contributed by atoms with Crippen molar-refractivity contribution in [1.82, 2.24) is 101 Å². The fourth-order valence-electron chi connectivity index (χ4n) is 17.5. The van der Waals surface area contributed by atoms with E-state index in [1.807, 2.05) is 199 Å². The van der Waals surface area contributed by atoms with E-state index in [4.69, 9.17) is 40.5 Å². The predicted molar refractivity (Wildman–Crippen MR) is 619 cm³/mol. The summed E-state index contributed by atoms with van der Waals surface area (Å²) in [6, 6.07) is 59.0. The number of aliphatic hydroxyl groups is 1. The quantitative estimate of drug-likeness (QED) is 0.0243. The molecule has 1 atom stereocenters. The Morgan fingerprint density at radius 1 is 0.307 bits per heavy atom. The molecular formula is C110H97Br6Cl3N30O. The monoisotopic (exact) mass is 2430 g/mol. The molecule has 0 bridgehead atoms. The van der Waals surface area contributed by atoms with Crippen LogP contribution in [0.25, 0.3) is 78.4 Å². The maximum absolute atomic E-state index is 9.65. The molecule has 0 spiro atoms. The third kappa shape index (κ3) is 26.0. The highest BCUT2D eigenvalue weighted by atomic mass is 79.9. The topological polar surface area (TPSA) is 354 Å². The van der Waals surface area contributed by atoms with Crippen LogP contribution in [0.1, 0.15) is 78.3 Å². The number of aromatic nitrogens is 21. The molecule has 1 saturated carbocycles. The lowest BCUT2D eigenvalue weighted by molar-refractivity contribution is 0.266. The molecule has 40 heteroatoms. The van der Waals surface area contributed by atoms with Crippen LogP contribution in [-0.4, -0.2) is 132 Å². The van der Waals surface area contributed by atoms with Crippen LogP contribution in [0, 0.1) is 0 Å². The molecule has 4 aromatic carbocycles. The van der Waals surface area contributed by atoms with E-state index in [1.165, 1.54) is 44.8 Å². The number of nitrogens with zero attached hydrogens (tertiary/aromatic N) is 22. The maximum Gasteiger partial charge on any atom is 0.219 e. The van der Waals surface area contributed by atoms with Crippen molar-refractivity contribution < 1.29 is 5.11 Å². The summed E-state index contributed by atoms with van der Waals surface area (Å²) in [6.07, 6.45) is 56.3. The Hall–Kier alpha value is -14.4. The lowest BCUT2D eigenvalue weighted by Gasteiger charge is -2.26. The van der Waals surface area contributed by atoms with Crippen LogP contribution in [0.15, 0.2) is 365 Å². The smallest absolute Gasteiger partial charge is 0.219 e. The standard InChI is InChI=1S/C19H14BrClN4.C19H22BrN5.C18H14BrClN6.C18H13BrClN5.C18H20BrN5O.C18H14BrN5/c20-18-11-24-19-17(23-10-13-4-3-7-22-9-13)8-14(12-25(18)19)15-5-1-2-6-16(15)21;20-18-12-23-19-17(22-11-14-5-4-8-21-10-14)9-16(13-25(18)19)24-15-6-2-1-3-7-15;19-16-9-23-17-15(22-6-11-7-24-18(21)25-8-11)5-12(10-26(16)17)13-3-1-2-4-14(13)20;19-17-9-24-18-16(23-8-12-6-21-11-22-7-12)5-13(10-25(17)18)14-3-1-2-4-15(14)20;19-17-10-22-18-16(21-9-13-3-1-5-20-8-13)7-15(11-24(17)18)23-6-2-4-14(23)12-25;19-17-10-23-18-16(22-9-13-7-20-12-21-8-13)6-15(11-24(17)18)14-4-2-1-3-5-14/h1-9,11-12,23H,10H2;4-5,8-10,12-13,15,22,24H,1-3,6-7,11H2;1-5,7-10,22H,6H2,(H2,21,24,25);1-7,9-11,23H,8H2;1,3,5,7-8,10-11,14,21,25H,2,4,6,9,12H2;1-8,10-12,22H,9H2/t;;;;14-;/m....1./s1. The molecule has 31 nitrogen and oxygen atoms in total. The molecule has 0 radical (unpaired) electrons. The van der Waals surface area contributed by atoms with Crippen molar-refractivity contribution >= 4 is 216 Å². The Kier molecular flexibility index (Phi) is 34.9. The number of halogens is 9. The Balaban J connectivity index is 0.000000113. The zero-order chi connectivity index (χ0) is 103. The van der Waals surface area contributed by atoms with Crippen molar-refractivity contribution in [2.24, 2.45) is 0 Å². The molecule has 1 aliphatic heterocycles. The minimum absolute atomic E-state index is 0.182. The average molecular weight is 2440 g/mol. The second-order valence-electron chi connectivity index (χ2n) is 35.1. The van der Waals surface area contributed by atoms with Crippen molar-refractivity contribution in [2.45, 2.75) is 96.3 Å². The van der Waals surface area contributed by atoms with Crippen LogP contribution >= 0.6 is 130 Å². The van der Waals surface area contributed by atoms with Crippen molar-refractivity contribution in [2.75, 3.05) is 61.0 Å². The highest BCUT2D eigenvalue weighted by Gasteiger charge is 2.27. The molecular weight excluding hydrogens is 2340 g/mol. The molecule has 22 aromatic rings. The number of nitrogen functional groups attached to an aromatic ring is 1. The van der Waals surface area contributed by atoms with E-state index in [9.17, 15) is 5.11 Å². The summed E-state index contributed by atoms with van der Waals surface area (Å²) in [6.45, 7) is 5.01. The number of imidazole rings is 6. The van der Waals surface area contributed by atoms with E-state index >= 15 is 0 Å². The number of hydrogen-bond donors (Lipinski definition) is 9. The van der Waals surface area contributed by atoms with Gasteiger partial charge in [0.05, 0.1) is 95.3 Å². The van der Waals surface area contributed by atoms with Gasteiger partial charge in [-0.1, -0.05) is 157 Å². The fraction of sp³-hybridized carbons (Fsp3) is 0.155. The first-order valence-corrected chi connectivity index (χ1v) is 53.9. The maximum atomic E-state index is 9.65. The van der Waals surface area contributed by atoms with Gasteiger partial charge in [0, 0.05) is 234 Å². The van der Waals surface area contributed by atoms with E-state index in [2.05, 4.69) is 284 Å². The summed E-state index contributed by atoms with van der Waals surface area (Å²) >= 11 is 40.5. The van der Waals surface area contributed by atoms with E-state index in [-0.39, 0.29) is 18.6 Å². The summed E-state index contributed by atoms with van der Waals surface area (Å²) in [4.78, 5) is 66.0. The molecule has 1 saturated heterocycles. The van der Waals surface area contributed by atoms with Crippen LogP contribution in [0.3, 0.4) is 0 Å². The molecule has 2 fully saturated rings. The minimum Gasteiger partial charge on any atom is -0.394 e. The lowest BCUT2D eigenvalue weighted by atomic mass is 9.95. The van der Waals surface area contributed by atoms with Crippen molar-refractivity contribution in [1.29, 1.82) is 0 Å². The Labute approximate surface area is 928 Å². The number of hydrogen-bond acceptors (Lipinski definition) is 25. The second-order valence-corrected chi connectivity index (χ2v) is 41.2. The van der Waals surface area contributed by atoms with Gasteiger partial charge in [-0.2, -0.15) is 0 Å². The number of anilines is 9. The van der Waals surface area contributed by atoms with E-state index in [0.717, 1.165) is 216 Å². The number of pyridine rings is 9. The SMILES string of the molecule is Brc1cnc2c(NCc3cccnc3)cc(NC3CCCCC3)cn12.Brc1cnc2c(NCc3cncnc3)cc(-c3ccccc3)cn12.Clc1ccccc1-c1cc(NCc2cccnc2)c2ncc(Br)n2c1.Clc1ccccc1-c1cc(NCc2cncnc2)c2ncc(Br)n2c1.Nc1ncc(CNc2cc(-c3ccccc3Cl)cn3c(Br)cnc23)cn1.OC[C@H]1CCCN1c1cc(NCc2cccnc2)c2ncc(Br)n2c1. The zero-order valence-electron chi connectivity index (χ0n) is 80.3. The molecule has 0 unspecified atom stereocenters. The number of benzene rings is 4. The van der Waals surface area contributed by atoms with Crippen molar-refractivity contribution in [3.63, 3.8) is 0 Å². The molecule has 24 rings (SSSR count). The summed E-state index contributed by atoms with van der Waals surface area (Å²) in [5.74, 6) is 0.258. The molecule has 18 aromatic heterocycles. The summed E-state index contributed by atoms with van der Waals surface area (Å²) in [7, 11) is 0. The first-order chi connectivity index (χ1) is 73.4. The molecule has 756 valence electrons. The Bertz CT molecular complexity index is 8140. The van der Waals surface area contributed by atoms with Crippen molar-refractivity contribution in [3.05, 3.63) is 413 Å². The lowest BCUT2D eigenvalue weighted by Crippen LogP contribution is -2.32. The molecule has 19 heterocycles. The fourth-order valence-corrected chi connectivity index (χ4v) is 20.5. The van der Waals surface area contributed by atoms with Crippen LogP contribution in [0.5, 0.6) is 0 Å². The van der Waals surface area contributed by atoms with Crippen LogP contribution < -0.4 is 47.9 Å². The van der Waals surface area contributed by atoms with Gasteiger partial charge in [0.25, 0.3) is 0 Å². The number of rotatable bonds is 26. The Morgan fingerprint density at radius 2 is 0.633 bits per heavy atom. The third-order valence-corrected chi connectivity index (χ3v) is 29.4. The second kappa shape index (κ2) is 50.3. The van der Waals surface area contributed by atoms with Crippen LogP contribution in [0.2, 0.25) is 15.1 Å². The average Bonchev–Trinajstić information content (AvgIpc) is 1.48. The van der Waals surface area contributed by atoms with Gasteiger partial charge in [-0.15, -0.1) is 0 Å². The minimum atomic E-state index is 0.182. The first-order valence-electron chi connectivity index (χ1n) is 48.0. The summed E-state index contributed by atoms with van der Waals surface area (Å²) < 4.78 is 17.5. The normalized spacial score (nSPS) is 12.8. The van der Waals surface area contributed by atoms with Crippen LogP contribution in [0.4, 0.5) is 51.4 Å². The molecule has 1 aliphatic carbocycles. The van der Waals surface area contributed by atoms with Gasteiger partial charge in [-0.25, -0.2) is 59.8 Å². The zero-order valence-corrected chi connectivity index (χ0v) is 92.1. The third-order valence-electron chi connectivity index (χ3n) is 24.9. The molecule has 150 heavy (non-hydrogen) atoms. The van der Waals surface area contributed by atoms with Crippen LogP contribution in [-0.2, 0) is 39.3 Å². The van der Waals surface area contributed by atoms with Gasteiger partial charge in [0.15, 0.2) is 33.9 Å². The van der Waals surface area contributed by atoms with Gasteiger partial charge in [0.2, 0.25) is 5.95 Å². The highest BCUT2D eigenvalue weighted by Crippen LogP contribution is 2.40. The van der Waals surface area contributed by atoms with Gasteiger partial charge >= 0.3 is 0 Å². The summed E-state index contributed by atoms with van der Waals surface area (Å²) in [5.41, 5.74) is 33.1. The number of nitrogens with one attached hydrogen (secondary N) is 7. The largest absolute Gasteiger partial charge is 0.394 e. The predicted octanol–water partition coefficient (Wildman–Crippen LogP) is 26.7. The Morgan fingerprint density at radius 3 is 1.01 bits per heavy atom. The highest BCUT2D eigenvalue weighted by molar-refractivity contribution is 9.11. The van der Waals surface area contributed by atoms with E-state index in [1.54, 1.807) is 80.6 Å². The van der Waals surface area contributed by atoms with E-state index in [0.29, 0.717) is 48.8 Å². The first kappa shape index (κ1) is 104.